The van der Waals surface area contributed by atoms with Crippen LogP contribution in [0.15, 0.2) is 42.5 Å². The van der Waals surface area contributed by atoms with Crippen LogP contribution in [0.1, 0.15) is 28.4 Å². The van der Waals surface area contributed by atoms with Crippen LogP contribution in [0.2, 0.25) is 5.02 Å². The van der Waals surface area contributed by atoms with E-state index < -0.39 is 23.3 Å². The molecule has 1 saturated heterocycles. The summed E-state index contributed by atoms with van der Waals surface area (Å²) < 4.78 is 5.06. The zero-order valence-electron chi connectivity index (χ0n) is 15.2. The average Bonchev–Trinajstić information content (AvgIpc) is 2.86. The van der Waals surface area contributed by atoms with Crippen molar-refractivity contribution in [2.45, 2.75) is 19.4 Å². The summed E-state index contributed by atoms with van der Waals surface area (Å²) in [5.41, 5.74) is 0.796. The number of hydrogen-bond acceptors (Lipinski definition) is 4. The fourth-order valence-electron chi connectivity index (χ4n) is 3.00. The van der Waals surface area contributed by atoms with Gasteiger partial charge in [-0.2, -0.15) is 0 Å². The van der Waals surface area contributed by atoms with Gasteiger partial charge in [0.25, 0.3) is 5.91 Å². The number of methoxy groups -OCH3 is 1. The summed E-state index contributed by atoms with van der Waals surface area (Å²) in [6, 6.07) is 11.3. The first-order valence-electron chi connectivity index (χ1n) is 8.34. The van der Waals surface area contributed by atoms with Gasteiger partial charge < -0.3 is 10.1 Å². The number of ether oxygens (including phenoxy) is 1. The van der Waals surface area contributed by atoms with Crippen molar-refractivity contribution in [2.75, 3.05) is 13.7 Å². The lowest BCUT2D eigenvalue weighted by Gasteiger charge is -2.22. The Hall–Kier alpha value is -2.86. The van der Waals surface area contributed by atoms with Gasteiger partial charge >= 0.3 is 6.03 Å². The molecule has 1 fully saturated rings. The van der Waals surface area contributed by atoms with E-state index in [2.05, 4.69) is 5.32 Å². The van der Waals surface area contributed by atoms with Crippen LogP contribution in [0.25, 0.3) is 0 Å². The van der Waals surface area contributed by atoms with E-state index in [0.29, 0.717) is 16.9 Å². The fourth-order valence-corrected chi connectivity index (χ4v) is 3.26. The summed E-state index contributed by atoms with van der Waals surface area (Å²) in [7, 11) is 1.47. The predicted octanol–water partition coefficient (Wildman–Crippen LogP) is 3.31. The van der Waals surface area contributed by atoms with Crippen molar-refractivity contribution < 1.29 is 19.1 Å². The number of imide groups is 1. The molecule has 140 valence electrons. The van der Waals surface area contributed by atoms with E-state index in [9.17, 15) is 14.4 Å². The van der Waals surface area contributed by atoms with Gasteiger partial charge in [0.1, 0.15) is 11.3 Å². The number of carbonyl (C=O) groups is 3. The van der Waals surface area contributed by atoms with Gasteiger partial charge in [-0.15, -0.1) is 0 Å². The lowest BCUT2D eigenvalue weighted by Crippen LogP contribution is -2.41. The van der Waals surface area contributed by atoms with E-state index in [4.69, 9.17) is 16.3 Å². The van der Waals surface area contributed by atoms with E-state index in [1.807, 2.05) is 19.1 Å². The van der Waals surface area contributed by atoms with Crippen LogP contribution in [0.3, 0.4) is 0 Å². The Balaban J connectivity index is 1.82. The van der Waals surface area contributed by atoms with Crippen LogP contribution in [0.5, 0.6) is 5.75 Å². The summed E-state index contributed by atoms with van der Waals surface area (Å²) in [4.78, 5) is 38.8. The summed E-state index contributed by atoms with van der Waals surface area (Å²) in [6.07, 6.45) is 0. The van der Waals surface area contributed by atoms with Crippen molar-refractivity contribution in [1.82, 2.24) is 10.2 Å². The van der Waals surface area contributed by atoms with Crippen molar-refractivity contribution in [1.29, 1.82) is 0 Å². The number of hydrogen-bond donors (Lipinski definition) is 1. The van der Waals surface area contributed by atoms with Crippen molar-refractivity contribution >= 4 is 29.3 Å². The number of urea groups is 1. The van der Waals surface area contributed by atoms with Crippen LogP contribution in [-0.2, 0) is 10.3 Å². The molecule has 1 aliphatic heterocycles. The van der Waals surface area contributed by atoms with E-state index in [1.54, 1.807) is 31.2 Å². The largest absolute Gasteiger partial charge is 0.495 e. The molecular weight excluding hydrogens is 368 g/mol. The van der Waals surface area contributed by atoms with Crippen LogP contribution < -0.4 is 10.1 Å². The molecule has 3 rings (SSSR count). The fraction of sp³-hybridized carbons (Fsp3) is 0.250. The first-order chi connectivity index (χ1) is 12.8. The van der Waals surface area contributed by atoms with Gasteiger partial charge in [0, 0.05) is 5.56 Å². The molecule has 6 nitrogen and oxygen atoms in total. The molecule has 7 heteroatoms. The molecule has 0 radical (unpaired) electrons. The highest BCUT2D eigenvalue weighted by molar-refractivity contribution is 6.32. The topological polar surface area (TPSA) is 75.7 Å². The molecule has 0 bridgehead atoms. The number of halogens is 1. The van der Waals surface area contributed by atoms with Gasteiger partial charge in [-0.1, -0.05) is 41.4 Å². The second-order valence-electron chi connectivity index (χ2n) is 6.58. The average molecular weight is 387 g/mol. The Bertz CT molecular complexity index is 926. The van der Waals surface area contributed by atoms with Gasteiger partial charge in [0.15, 0.2) is 5.78 Å². The number of amides is 3. The van der Waals surface area contributed by atoms with E-state index >= 15 is 0 Å². The second kappa shape index (κ2) is 7.04. The first-order valence-corrected chi connectivity index (χ1v) is 8.72. The molecule has 1 atom stereocenters. The molecule has 2 aromatic rings. The Morgan fingerprint density at radius 1 is 1.19 bits per heavy atom. The summed E-state index contributed by atoms with van der Waals surface area (Å²) in [6.45, 7) is 3.20. The molecule has 0 spiro atoms. The Morgan fingerprint density at radius 2 is 1.85 bits per heavy atom. The van der Waals surface area contributed by atoms with Gasteiger partial charge in [-0.05, 0) is 37.6 Å². The standard InChI is InChI=1S/C20H19ClN2O4/c1-12-4-7-14(8-5-12)20(2)18(25)23(19(26)22-20)11-16(24)13-6-9-17(27-3)15(21)10-13/h4-10H,11H2,1-3H3,(H,22,26). The number of nitrogens with one attached hydrogen (secondary N) is 1. The third-order valence-electron chi connectivity index (χ3n) is 4.68. The molecule has 1 heterocycles. The lowest BCUT2D eigenvalue weighted by molar-refractivity contribution is -0.130. The molecule has 3 amide bonds. The number of rotatable bonds is 5. The zero-order valence-corrected chi connectivity index (χ0v) is 16.0. The monoisotopic (exact) mass is 386 g/mol. The maximum Gasteiger partial charge on any atom is 0.325 e. The van der Waals surface area contributed by atoms with Crippen molar-refractivity contribution in [3.05, 3.63) is 64.2 Å². The molecule has 0 aliphatic carbocycles. The van der Waals surface area contributed by atoms with Crippen molar-refractivity contribution in [3.63, 3.8) is 0 Å². The smallest absolute Gasteiger partial charge is 0.325 e. The summed E-state index contributed by atoms with van der Waals surface area (Å²) in [5.74, 6) is -0.421. The summed E-state index contributed by atoms with van der Waals surface area (Å²) >= 11 is 6.05. The predicted molar refractivity (Wildman–Crippen MR) is 101 cm³/mol. The highest BCUT2D eigenvalue weighted by Crippen LogP contribution is 2.30. The van der Waals surface area contributed by atoms with Crippen LogP contribution in [-0.4, -0.2) is 36.3 Å². The molecular formula is C20H19ClN2O4. The highest BCUT2D eigenvalue weighted by atomic mass is 35.5. The SMILES string of the molecule is COc1ccc(C(=O)CN2C(=O)NC(C)(c3ccc(C)cc3)C2=O)cc1Cl. The van der Waals surface area contributed by atoms with Crippen LogP contribution in [0, 0.1) is 6.92 Å². The number of ketones is 1. The second-order valence-corrected chi connectivity index (χ2v) is 6.99. The minimum Gasteiger partial charge on any atom is -0.495 e. The Kier molecular flexibility index (Phi) is 4.93. The number of benzene rings is 2. The van der Waals surface area contributed by atoms with E-state index in [0.717, 1.165) is 10.5 Å². The highest BCUT2D eigenvalue weighted by Gasteiger charge is 2.49. The number of nitrogens with zero attached hydrogens (tertiary/aromatic N) is 1. The summed E-state index contributed by atoms with van der Waals surface area (Å²) in [5, 5.41) is 2.97. The van der Waals surface area contributed by atoms with Gasteiger partial charge in [-0.3, -0.25) is 14.5 Å². The third-order valence-corrected chi connectivity index (χ3v) is 4.97. The zero-order chi connectivity index (χ0) is 19.8. The Labute approximate surface area is 162 Å². The number of carbonyl (C=O) groups excluding carboxylic acids is 3. The normalized spacial score (nSPS) is 19.2. The molecule has 27 heavy (non-hydrogen) atoms. The van der Waals surface area contributed by atoms with Crippen LogP contribution in [0.4, 0.5) is 4.79 Å². The van der Waals surface area contributed by atoms with Gasteiger partial charge in [0.2, 0.25) is 0 Å². The lowest BCUT2D eigenvalue weighted by atomic mass is 9.91. The maximum absolute atomic E-state index is 12.9. The first kappa shape index (κ1) is 18.9. The van der Waals surface area contributed by atoms with Gasteiger partial charge in [0.05, 0.1) is 18.7 Å². The van der Waals surface area contributed by atoms with Crippen molar-refractivity contribution in [2.24, 2.45) is 0 Å². The minimum absolute atomic E-state index is 0.282. The van der Waals surface area contributed by atoms with Crippen molar-refractivity contribution in [3.8, 4) is 5.75 Å². The molecule has 2 aromatic carbocycles. The van der Waals surface area contributed by atoms with Gasteiger partial charge in [-0.25, -0.2) is 4.79 Å². The molecule has 1 N–H and O–H groups in total. The number of aryl methyl sites for hydroxylation is 1. The molecule has 0 aromatic heterocycles. The van der Waals surface area contributed by atoms with E-state index in [1.165, 1.54) is 13.2 Å². The molecule has 0 saturated carbocycles. The molecule has 1 aliphatic rings. The molecule has 1 unspecified atom stereocenters. The number of Topliss-reactive ketones (excluding diaryl/α,β-unsaturated/α-hetero) is 1. The third kappa shape index (κ3) is 3.40. The van der Waals surface area contributed by atoms with Crippen LogP contribution >= 0.6 is 11.6 Å². The minimum atomic E-state index is -1.21. The Morgan fingerprint density at radius 3 is 2.44 bits per heavy atom. The quantitative estimate of drug-likeness (QED) is 0.631. The maximum atomic E-state index is 12.9. The van der Waals surface area contributed by atoms with E-state index in [-0.39, 0.29) is 11.6 Å².